The molecular formula is C33H45N7O4. The fourth-order valence-electron chi connectivity index (χ4n) is 6.19. The number of hydrogen-bond acceptors (Lipinski definition) is 8. The maximum atomic E-state index is 13.3. The lowest BCUT2D eigenvalue weighted by atomic mass is 9.90. The van der Waals surface area contributed by atoms with Gasteiger partial charge in [-0.3, -0.25) is 23.9 Å². The zero-order valence-corrected chi connectivity index (χ0v) is 25.7. The van der Waals surface area contributed by atoms with Crippen LogP contribution in [0.5, 0.6) is 0 Å². The van der Waals surface area contributed by atoms with Crippen LogP contribution in [0.1, 0.15) is 44.1 Å². The number of fused-ring (bicyclic) bond motifs is 1. The number of piperidine rings is 1. The van der Waals surface area contributed by atoms with Gasteiger partial charge in [0.05, 0.1) is 29.4 Å². The molecule has 11 heteroatoms. The molecule has 0 saturated carbocycles. The van der Waals surface area contributed by atoms with Gasteiger partial charge in [-0.2, -0.15) is 0 Å². The molecule has 11 nitrogen and oxygen atoms in total. The molecule has 0 aliphatic carbocycles. The second kappa shape index (κ2) is 14.4. The highest BCUT2D eigenvalue weighted by atomic mass is 16.3. The lowest BCUT2D eigenvalue weighted by Gasteiger charge is -2.38. The Labute approximate surface area is 258 Å². The van der Waals surface area contributed by atoms with Crippen molar-refractivity contribution in [2.45, 2.75) is 50.7 Å². The number of hydrogen-bond donors (Lipinski definition) is 3. The number of benzene rings is 2. The van der Waals surface area contributed by atoms with Gasteiger partial charge in [0.15, 0.2) is 0 Å². The molecule has 1 atom stereocenters. The van der Waals surface area contributed by atoms with Crippen molar-refractivity contribution in [3.8, 4) is 0 Å². The summed E-state index contributed by atoms with van der Waals surface area (Å²) in [6, 6.07) is 15.1. The first-order valence-electron chi connectivity index (χ1n) is 15.7. The fraction of sp³-hybridized carbons (Fsp3) is 0.515. The summed E-state index contributed by atoms with van der Waals surface area (Å²) in [6.45, 7) is 9.11. The zero-order valence-electron chi connectivity index (χ0n) is 25.7. The van der Waals surface area contributed by atoms with Crippen molar-refractivity contribution in [3.05, 3.63) is 70.8 Å². The van der Waals surface area contributed by atoms with Crippen LogP contribution in [0.2, 0.25) is 0 Å². The maximum Gasteiger partial charge on any atom is 0.261 e. The summed E-state index contributed by atoms with van der Waals surface area (Å²) in [5, 5.41) is 14.7. The molecule has 44 heavy (non-hydrogen) atoms. The maximum absolute atomic E-state index is 13.3. The number of amides is 2. The highest BCUT2D eigenvalue weighted by Gasteiger charge is 2.35. The molecule has 0 bridgehead atoms. The van der Waals surface area contributed by atoms with Gasteiger partial charge in [-0.25, -0.2) is 4.98 Å². The van der Waals surface area contributed by atoms with Crippen LogP contribution in [0.4, 0.5) is 5.69 Å². The second-order valence-corrected chi connectivity index (χ2v) is 12.3. The highest BCUT2D eigenvalue weighted by Crippen LogP contribution is 2.27. The average molecular weight is 604 g/mol. The van der Waals surface area contributed by atoms with Gasteiger partial charge in [0.1, 0.15) is 0 Å². The number of nitrogens with one attached hydrogen (secondary N) is 1. The monoisotopic (exact) mass is 603 g/mol. The van der Waals surface area contributed by atoms with Crippen LogP contribution < -0.4 is 16.6 Å². The first-order valence-corrected chi connectivity index (χ1v) is 15.7. The van der Waals surface area contributed by atoms with Crippen molar-refractivity contribution in [2.75, 3.05) is 64.2 Å². The van der Waals surface area contributed by atoms with E-state index < -0.39 is 5.60 Å². The number of piperazine rings is 1. The van der Waals surface area contributed by atoms with E-state index in [-0.39, 0.29) is 29.8 Å². The largest absolute Gasteiger partial charge is 0.388 e. The lowest BCUT2D eigenvalue weighted by Crippen LogP contribution is -2.49. The Morgan fingerprint density at radius 3 is 2.36 bits per heavy atom. The second-order valence-electron chi connectivity index (χ2n) is 12.3. The molecule has 2 fully saturated rings. The van der Waals surface area contributed by atoms with Gasteiger partial charge in [0, 0.05) is 77.4 Å². The Morgan fingerprint density at radius 1 is 1.00 bits per heavy atom. The summed E-state index contributed by atoms with van der Waals surface area (Å²) in [5.74, 6) is 0.120. The van der Waals surface area contributed by atoms with Crippen LogP contribution in [0.25, 0.3) is 10.9 Å². The van der Waals surface area contributed by atoms with Crippen LogP contribution >= 0.6 is 0 Å². The number of carbonyl (C=O) groups excluding carboxylic acids is 2. The van der Waals surface area contributed by atoms with E-state index in [9.17, 15) is 19.5 Å². The first kappa shape index (κ1) is 31.8. The van der Waals surface area contributed by atoms with Crippen molar-refractivity contribution in [2.24, 2.45) is 5.73 Å². The summed E-state index contributed by atoms with van der Waals surface area (Å²) in [5.41, 5.74) is 6.51. The summed E-state index contributed by atoms with van der Waals surface area (Å²) in [4.78, 5) is 49.8. The summed E-state index contributed by atoms with van der Waals surface area (Å²) < 4.78 is 1.45. The quantitative estimate of drug-likeness (QED) is 0.302. The van der Waals surface area contributed by atoms with Crippen LogP contribution in [-0.4, -0.2) is 106 Å². The molecule has 236 valence electrons. The minimum atomic E-state index is -1.11. The van der Waals surface area contributed by atoms with Crippen LogP contribution in [0.3, 0.4) is 0 Å². The van der Waals surface area contributed by atoms with E-state index in [1.807, 2.05) is 35.2 Å². The number of carbonyl (C=O) groups is 2. The minimum absolute atomic E-state index is 0.0800. The first-order chi connectivity index (χ1) is 21.2. The number of rotatable bonds is 11. The topological polar surface area (TPSA) is 137 Å². The summed E-state index contributed by atoms with van der Waals surface area (Å²) in [7, 11) is 0. The van der Waals surface area contributed by atoms with Gasteiger partial charge in [0.2, 0.25) is 11.8 Å². The Morgan fingerprint density at radius 2 is 1.68 bits per heavy atom. The SMILES string of the molecule is C[C@H](CC(=O)N1CCC(O)(Cn2cnc3cc(NC(=O)CCN4CCN(CCN)CC4)ccc3c2=O)CC1)c1ccccc1. The zero-order chi connectivity index (χ0) is 31.1. The predicted molar refractivity (Wildman–Crippen MR) is 171 cm³/mol. The molecule has 2 aromatic carbocycles. The van der Waals surface area contributed by atoms with E-state index in [0.29, 0.717) is 68.5 Å². The third-order valence-corrected chi connectivity index (χ3v) is 9.04. The van der Waals surface area contributed by atoms with Gasteiger partial charge in [-0.05, 0) is 42.5 Å². The van der Waals surface area contributed by atoms with Gasteiger partial charge < -0.3 is 26.0 Å². The van der Waals surface area contributed by atoms with E-state index in [1.54, 1.807) is 18.2 Å². The fourth-order valence-corrected chi connectivity index (χ4v) is 6.19. The lowest BCUT2D eigenvalue weighted by molar-refractivity contribution is -0.136. The van der Waals surface area contributed by atoms with Crippen LogP contribution in [-0.2, 0) is 16.1 Å². The predicted octanol–water partition coefficient (Wildman–Crippen LogP) is 1.85. The Hall–Kier alpha value is -3.64. The van der Waals surface area contributed by atoms with Crippen LogP contribution in [0.15, 0.2) is 59.7 Å². The molecule has 4 N–H and O–H groups in total. The Kier molecular flexibility index (Phi) is 10.4. The van der Waals surface area contributed by atoms with Gasteiger partial charge in [-0.1, -0.05) is 37.3 Å². The van der Waals surface area contributed by atoms with Gasteiger partial charge >= 0.3 is 0 Å². The van der Waals surface area contributed by atoms with E-state index in [0.717, 1.165) is 38.3 Å². The molecule has 1 aromatic heterocycles. The normalized spacial score (nSPS) is 18.3. The number of nitrogens with zero attached hydrogens (tertiary/aromatic N) is 5. The van der Waals surface area contributed by atoms with E-state index in [1.165, 1.54) is 10.9 Å². The Balaban J connectivity index is 1.12. The molecule has 3 heterocycles. The van der Waals surface area contributed by atoms with E-state index in [4.69, 9.17) is 5.73 Å². The van der Waals surface area contributed by atoms with Crippen molar-refractivity contribution in [1.82, 2.24) is 24.3 Å². The molecule has 2 amide bonds. The third kappa shape index (κ3) is 8.09. The number of aliphatic hydroxyl groups is 1. The standard InChI is InChI=1S/C33H45N7O4/c1-25(26-5-3-2-4-6-26)21-31(42)39-14-10-33(44,11-15-39)23-40-24-35-29-22-27(7-8-28(29)32(40)43)36-30(41)9-13-37-17-19-38(16-12-34)20-18-37/h2-8,22,24-25,44H,9-21,23,34H2,1H3,(H,36,41)/t25-/m1/s1. The molecule has 0 radical (unpaired) electrons. The molecule has 0 unspecified atom stereocenters. The molecule has 5 rings (SSSR count). The molecule has 2 saturated heterocycles. The molecule has 2 aliphatic rings. The molecular weight excluding hydrogens is 558 g/mol. The molecule has 2 aliphatic heterocycles. The number of aromatic nitrogens is 2. The van der Waals surface area contributed by atoms with Crippen molar-refractivity contribution in [3.63, 3.8) is 0 Å². The molecule has 3 aromatic rings. The number of likely N-dealkylation sites (tertiary alicyclic amines) is 1. The van der Waals surface area contributed by atoms with Gasteiger partial charge in [0.25, 0.3) is 5.56 Å². The van der Waals surface area contributed by atoms with E-state index >= 15 is 0 Å². The van der Waals surface area contributed by atoms with Crippen molar-refractivity contribution in [1.29, 1.82) is 0 Å². The van der Waals surface area contributed by atoms with E-state index in [2.05, 4.69) is 27.0 Å². The summed E-state index contributed by atoms with van der Waals surface area (Å²) in [6.07, 6.45) is 3.04. The molecule has 0 spiro atoms. The number of anilines is 1. The third-order valence-electron chi connectivity index (χ3n) is 9.04. The summed E-state index contributed by atoms with van der Waals surface area (Å²) >= 11 is 0. The van der Waals surface area contributed by atoms with Gasteiger partial charge in [-0.15, -0.1) is 0 Å². The van der Waals surface area contributed by atoms with Crippen molar-refractivity contribution < 1.29 is 14.7 Å². The number of nitrogens with two attached hydrogens (primary N) is 1. The Bertz CT molecular complexity index is 1480. The van der Waals surface area contributed by atoms with Crippen molar-refractivity contribution >= 4 is 28.4 Å². The minimum Gasteiger partial charge on any atom is -0.388 e. The van der Waals surface area contributed by atoms with Crippen LogP contribution in [0, 0.1) is 0 Å². The average Bonchev–Trinajstić information content (AvgIpc) is 3.03. The smallest absolute Gasteiger partial charge is 0.261 e. The highest BCUT2D eigenvalue weighted by molar-refractivity contribution is 5.93.